The Morgan fingerprint density at radius 3 is 2.29 bits per heavy atom. The highest BCUT2D eigenvalue weighted by atomic mass is 32.2. The Morgan fingerprint density at radius 2 is 1.56 bits per heavy atom. The minimum Gasteiger partial charge on any atom is -0.348 e. The molecule has 0 unspecified atom stereocenters. The third-order valence-corrected chi connectivity index (χ3v) is 12.2. The molecule has 6 rings (SSSR count). The number of benzene rings is 1. The lowest BCUT2D eigenvalue weighted by Crippen LogP contribution is -2.57. The average Bonchev–Trinajstić information content (AvgIpc) is 3.37. The summed E-state index contributed by atoms with van der Waals surface area (Å²) in [6, 6.07) is 7.03. The molecule has 0 N–H and O–H groups in total. The first kappa shape index (κ1) is 23.4. The van der Waals surface area contributed by atoms with Crippen molar-refractivity contribution in [2.75, 3.05) is 13.2 Å². The molecule has 34 heavy (non-hydrogen) atoms. The number of fused-ring (bicyclic) bond motifs is 5. The molecule has 0 amide bonds. The average molecular weight is 489 g/mol. The second-order valence-corrected chi connectivity index (χ2v) is 14.0. The van der Waals surface area contributed by atoms with Crippen LogP contribution in [0.25, 0.3) is 0 Å². The first-order valence-electron chi connectivity index (χ1n) is 13.4. The standard InChI is InChI=1S/C28H40O5S/c1-19-4-7-21(8-5-19)34(29,30)33-25-11-10-23-22-9-6-20-12-15-28(31-16-17-32-28)18-27(20,3)24(22)13-14-26(23,25)2/h4-5,7-8,20,22-25H,6,9-18H2,1-3H3/t20-,22-,23+,24+,25+,26-,27-/m0/s1. The zero-order valence-electron chi connectivity index (χ0n) is 20.9. The molecule has 0 bridgehead atoms. The molecule has 4 saturated carbocycles. The summed E-state index contributed by atoms with van der Waals surface area (Å²) in [4.78, 5) is 0.274. The van der Waals surface area contributed by atoms with Gasteiger partial charge in [-0.2, -0.15) is 8.42 Å². The van der Waals surface area contributed by atoms with Gasteiger partial charge in [0, 0.05) is 12.8 Å². The van der Waals surface area contributed by atoms with Gasteiger partial charge in [0.05, 0.1) is 24.2 Å². The summed E-state index contributed by atoms with van der Waals surface area (Å²) in [5.74, 6) is 2.25. The highest BCUT2D eigenvalue weighted by molar-refractivity contribution is 7.86. The van der Waals surface area contributed by atoms with E-state index >= 15 is 0 Å². The maximum atomic E-state index is 13.1. The number of rotatable bonds is 3. The number of hydrogen-bond acceptors (Lipinski definition) is 5. The van der Waals surface area contributed by atoms with Crippen LogP contribution in [-0.2, 0) is 23.8 Å². The van der Waals surface area contributed by atoms with Gasteiger partial charge in [0.2, 0.25) is 0 Å². The van der Waals surface area contributed by atoms with Crippen molar-refractivity contribution in [2.24, 2.45) is 34.5 Å². The molecular formula is C28H40O5S. The Labute approximate surface area is 205 Å². The molecule has 6 heteroatoms. The Morgan fingerprint density at radius 1 is 0.853 bits per heavy atom. The fraction of sp³-hybridized carbons (Fsp3) is 0.786. The van der Waals surface area contributed by atoms with Crippen LogP contribution in [0.5, 0.6) is 0 Å². The Hall–Kier alpha value is -0.950. The van der Waals surface area contributed by atoms with Crippen LogP contribution in [0.2, 0.25) is 0 Å². The zero-order chi connectivity index (χ0) is 23.8. The molecule has 5 nitrogen and oxygen atoms in total. The van der Waals surface area contributed by atoms with E-state index in [1.807, 2.05) is 19.1 Å². The highest BCUT2D eigenvalue weighted by Crippen LogP contribution is 2.68. The molecule has 1 aromatic rings. The van der Waals surface area contributed by atoms with Gasteiger partial charge < -0.3 is 9.47 Å². The van der Waals surface area contributed by atoms with Gasteiger partial charge >= 0.3 is 0 Å². The minimum atomic E-state index is -3.76. The van der Waals surface area contributed by atoms with Gasteiger partial charge in [-0.05, 0) is 98.5 Å². The molecular weight excluding hydrogens is 448 g/mol. The molecule has 5 fully saturated rings. The Kier molecular flexibility index (Phi) is 5.53. The monoisotopic (exact) mass is 488 g/mol. The minimum absolute atomic E-state index is 0.0746. The van der Waals surface area contributed by atoms with Crippen molar-refractivity contribution in [3.63, 3.8) is 0 Å². The van der Waals surface area contributed by atoms with E-state index in [0.717, 1.165) is 63.2 Å². The van der Waals surface area contributed by atoms with Crippen LogP contribution in [0, 0.1) is 41.4 Å². The number of aryl methyl sites for hydroxylation is 1. The van der Waals surface area contributed by atoms with E-state index in [0.29, 0.717) is 17.8 Å². The Balaban J connectivity index is 1.23. The van der Waals surface area contributed by atoms with Gasteiger partial charge in [-0.15, -0.1) is 0 Å². The summed E-state index contributed by atoms with van der Waals surface area (Å²) in [5.41, 5.74) is 1.22. The van der Waals surface area contributed by atoms with Gasteiger partial charge in [0.25, 0.3) is 10.1 Å². The number of hydrogen-bond donors (Lipinski definition) is 0. The quantitative estimate of drug-likeness (QED) is 0.499. The fourth-order valence-electron chi connectivity index (χ4n) is 9.11. The molecule has 7 atom stereocenters. The van der Waals surface area contributed by atoms with Crippen LogP contribution in [0.3, 0.4) is 0 Å². The lowest BCUT2D eigenvalue weighted by Gasteiger charge is -2.62. The predicted molar refractivity (Wildman–Crippen MR) is 130 cm³/mol. The molecule has 0 radical (unpaired) electrons. The van der Waals surface area contributed by atoms with Crippen molar-refractivity contribution in [1.29, 1.82) is 0 Å². The molecule has 1 aliphatic heterocycles. The van der Waals surface area contributed by atoms with Gasteiger partial charge in [-0.1, -0.05) is 31.5 Å². The van der Waals surface area contributed by atoms with Crippen LogP contribution >= 0.6 is 0 Å². The van der Waals surface area contributed by atoms with Gasteiger partial charge in [-0.3, -0.25) is 4.18 Å². The summed E-state index contributed by atoms with van der Waals surface area (Å²) in [6.45, 7) is 8.25. The second-order valence-electron chi connectivity index (χ2n) is 12.5. The molecule has 5 aliphatic rings. The van der Waals surface area contributed by atoms with E-state index in [1.54, 1.807) is 12.1 Å². The third-order valence-electron chi connectivity index (χ3n) is 10.9. The van der Waals surface area contributed by atoms with Crippen molar-refractivity contribution in [1.82, 2.24) is 0 Å². The van der Waals surface area contributed by atoms with E-state index in [1.165, 1.54) is 19.3 Å². The molecule has 1 saturated heterocycles. The summed E-state index contributed by atoms with van der Waals surface area (Å²) >= 11 is 0. The van der Waals surface area contributed by atoms with E-state index in [4.69, 9.17) is 13.7 Å². The summed E-state index contributed by atoms with van der Waals surface area (Å²) < 4.78 is 44.7. The smallest absolute Gasteiger partial charge is 0.297 e. The second kappa shape index (κ2) is 8.03. The van der Waals surface area contributed by atoms with Crippen molar-refractivity contribution >= 4 is 10.1 Å². The topological polar surface area (TPSA) is 61.8 Å². The van der Waals surface area contributed by atoms with Crippen molar-refractivity contribution in [3.8, 4) is 0 Å². The molecule has 1 spiro atoms. The lowest BCUT2D eigenvalue weighted by atomic mass is 9.44. The maximum Gasteiger partial charge on any atom is 0.297 e. The van der Waals surface area contributed by atoms with E-state index in [9.17, 15) is 8.42 Å². The Bertz CT molecular complexity index is 1030. The lowest BCUT2D eigenvalue weighted by molar-refractivity contribution is -0.239. The van der Waals surface area contributed by atoms with Crippen LogP contribution in [-0.4, -0.2) is 33.5 Å². The van der Waals surface area contributed by atoms with Crippen molar-refractivity contribution < 1.29 is 22.1 Å². The summed E-state index contributed by atoms with van der Waals surface area (Å²) in [6.07, 6.45) is 9.73. The van der Waals surface area contributed by atoms with Crippen LogP contribution < -0.4 is 0 Å². The van der Waals surface area contributed by atoms with Crippen molar-refractivity contribution in [3.05, 3.63) is 29.8 Å². The maximum absolute atomic E-state index is 13.1. The molecule has 1 heterocycles. The normalized spacial score (nSPS) is 43.3. The largest absolute Gasteiger partial charge is 0.348 e. The van der Waals surface area contributed by atoms with Gasteiger partial charge in [0.1, 0.15) is 0 Å². The SMILES string of the molecule is Cc1ccc(S(=O)(=O)O[C@@H]2CC[C@@H]3[C@@H]4CC[C@H]5CCC6(C[C@]5(C)[C@@H]4CC[C@@]32C)OCCO6)cc1. The van der Waals surface area contributed by atoms with E-state index in [-0.39, 0.29) is 27.6 Å². The van der Waals surface area contributed by atoms with E-state index < -0.39 is 10.1 Å². The first-order valence-corrected chi connectivity index (χ1v) is 14.8. The van der Waals surface area contributed by atoms with E-state index in [2.05, 4.69) is 13.8 Å². The van der Waals surface area contributed by atoms with Crippen LogP contribution in [0.1, 0.15) is 77.2 Å². The fourth-order valence-corrected chi connectivity index (χ4v) is 10.3. The summed E-state index contributed by atoms with van der Waals surface area (Å²) in [7, 11) is -3.76. The number of ether oxygens (including phenoxy) is 2. The molecule has 0 aromatic heterocycles. The molecule has 4 aliphatic carbocycles. The van der Waals surface area contributed by atoms with Crippen LogP contribution in [0.4, 0.5) is 0 Å². The summed E-state index contributed by atoms with van der Waals surface area (Å²) in [5, 5.41) is 0. The van der Waals surface area contributed by atoms with Crippen LogP contribution in [0.15, 0.2) is 29.2 Å². The highest BCUT2D eigenvalue weighted by Gasteiger charge is 2.63. The van der Waals surface area contributed by atoms with Gasteiger partial charge in [0.15, 0.2) is 5.79 Å². The third kappa shape index (κ3) is 3.54. The zero-order valence-corrected chi connectivity index (χ0v) is 21.7. The molecule has 1 aromatic carbocycles. The van der Waals surface area contributed by atoms with Gasteiger partial charge in [-0.25, -0.2) is 0 Å². The van der Waals surface area contributed by atoms with Crippen molar-refractivity contribution in [2.45, 2.75) is 95.3 Å². The predicted octanol–water partition coefficient (Wildman–Crippen LogP) is 5.85. The first-order chi connectivity index (χ1) is 16.2. The molecule has 188 valence electrons.